The Bertz CT molecular complexity index is 1050. The molecule has 1 unspecified atom stereocenters. The molecule has 0 saturated carbocycles. The summed E-state index contributed by atoms with van der Waals surface area (Å²) in [7, 11) is 1.83. The van der Waals surface area contributed by atoms with Crippen molar-refractivity contribution >= 4 is 29.3 Å². The van der Waals surface area contributed by atoms with Crippen LogP contribution >= 0.6 is 11.8 Å². The van der Waals surface area contributed by atoms with Gasteiger partial charge in [0.15, 0.2) is 5.16 Å². The predicted octanol–water partition coefficient (Wildman–Crippen LogP) is 3.35. The van der Waals surface area contributed by atoms with Crippen LogP contribution in [0.4, 0.5) is 5.69 Å². The SMILES string of the molecule is Cn1cnnc1SCC(=O)Nc1ccc(C(=O)NC2CCCc3ccccc32)cc1. The minimum Gasteiger partial charge on any atom is -0.345 e. The summed E-state index contributed by atoms with van der Waals surface area (Å²) in [6.45, 7) is 0. The maximum atomic E-state index is 12.7. The van der Waals surface area contributed by atoms with Gasteiger partial charge in [0.2, 0.25) is 5.91 Å². The molecule has 7 nitrogen and oxygen atoms in total. The molecular weight excluding hydrogens is 398 g/mol. The maximum absolute atomic E-state index is 12.7. The highest BCUT2D eigenvalue weighted by Crippen LogP contribution is 2.29. The molecule has 2 aromatic carbocycles. The second-order valence-corrected chi connectivity index (χ2v) is 8.20. The molecular formula is C22H23N5O2S. The highest BCUT2D eigenvalue weighted by atomic mass is 32.2. The fraction of sp³-hybridized carbons (Fsp3) is 0.273. The van der Waals surface area contributed by atoms with Crippen molar-refractivity contribution < 1.29 is 9.59 Å². The number of nitrogens with one attached hydrogen (secondary N) is 2. The summed E-state index contributed by atoms with van der Waals surface area (Å²) in [4.78, 5) is 24.9. The lowest BCUT2D eigenvalue weighted by atomic mass is 9.87. The Morgan fingerprint density at radius 3 is 2.73 bits per heavy atom. The third kappa shape index (κ3) is 4.71. The zero-order chi connectivity index (χ0) is 20.9. The summed E-state index contributed by atoms with van der Waals surface area (Å²) < 4.78 is 1.76. The van der Waals surface area contributed by atoms with Crippen LogP contribution in [0.15, 0.2) is 60.0 Å². The van der Waals surface area contributed by atoms with Crippen LogP contribution < -0.4 is 10.6 Å². The predicted molar refractivity (Wildman–Crippen MR) is 116 cm³/mol. The Hall–Kier alpha value is -3.13. The van der Waals surface area contributed by atoms with E-state index in [9.17, 15) is 9.59 Å². The number of fused-ring (bicyclic) bond motifs is 1. The zero-order valence-corrected chi connectivity index (χ0v) is 17.5. The molecule has 1 aromatic heterocycles. The number of hydrogen-bond acceptors (Lipinski definition) is 5. The molecule has 2 amide bonds. The fourth-order valence-electron chi connectivity index (χ4n) is 3.58. The summed E-state index contributed by atoms with van der Waals surface area (Å²) in [6.07, 6.45) is 4.67. The van der Waals surface area contributed by atoms with Crippen LogP contribution in [-0.4, -0.2) is 32.3 Å². The average molecular weight is 422 g/mol. The minimum atomic E-state index is -0.140. The van der Waals surface area contributed by atoms with Crippen LogP contribution in [0.5, 0.6) is 0 Å². The molecule has 1 aliphatic rings. The molecule has 4 rings (SSSR count). The van der Waals surface area contributed by atoms with Crippen LogP contribution in [0, 0.1) is 0 Å². The van der Waals surface area contributed by atoms with Crippen molar-refractivity contribution in [2.75, 3.05) is 11.1 Å². The number of carbonyl (C=O) groups is 2. The first-order valence-corrected chi connectivity index (χ1v) is 10.8. The molecule has 3 aromatic rings. The lowest BCUT2D eigenvalue weighted by Gasteiger charge is -2.26. The summed E-state index contributed by atoms with van der Waals surface area (Å²) in [6, 6.07) is 15.3. The minimum absolute atomic E-state index is 0.0412. The van der Waals surface area contributed by atoms with Gasteiger partial charge in [-0.1, -0.05) is 36.0 Å². The monoisotopic (exact) mass is 421 g/mol. The van der Waals surface area contributed by atoms with Crippen molar-refractivity contribution in [3.8, 4) is 0 Å². The number of anilines is 1. The summed E-state index contributed by atoms with van der Waals surface area (Å²) in [5.41, 5.74) is 3.75. The molecule has 0 aliphatic heterocycles. The Balaban J connectivity index is 1.32. The van der Waals surface area contributed by atoms with E-state index in [2.05, 4.69) is 33.0 Å². The molecule has 154 valence electrons. The second-order valence-electron chi connectivity index (χ2n) is 7.26. The molecule has 8 heteroatoms. The van der Waals surface area contributed by atoms with E-state index in [1.807, 2.05) is 19.2 Å². The maximum Gasteiger partial charge on any atom is 0.251 e. The van der Waals surface area contributed by atoms with Gasteiger partial charge in [-0.2, -0.15) is 0 Å². The van der Waals surface area contributed by atoms with Gasteiger partial charge in [-0.05, 0) is 54.7 Å². The van der Waals surface area contributed by atoms with Gasteiger partial charge in [-0.15, -0.1) is 10.2 Å². The fourth-order valence-corrected chi connectivity index (χ4v) is 4.27. The van der Waals surface area contributed by atoms with Crippen molar-refractivity contribution in [3.63, 3.8) is 0 Å². The molecule has 1 atom stereocenters. The summed E-state index contributed by atoms with van der Waals surface area (Å²) in [5.74, 6) is -0.0120. The van der Waals surface area contributed by atoms with Crippen molar-refractivity contribution in [3.05, 3.63) is 71.5 Å². The molecule has 1 aliphatic carbocycles. The number of amides is 2. The van der Waals surface area contributed by atoms with Crippen molar-refractivity contribution in [1.82, 2.24) is 20.1 Å². The topological polar surface area (TPSA) is 88.9 Å². The van der Waals surface area contributed by atoms with E-state index in [-0.39, 0.29) is 23.6 Å². The van der Waals surface area contributed by atoms with E-state index in [1.54, 1.807) is 35.2 Å². The van der Waals surface area contributed by atoms with E-state index in [0.29, 0.717) is 16.4 Å². The highest BCUT2D eigenvalue weighted by Gasteiger charge is 2.21. The number of benzene rings is 2. The molecule has 0 saturated heterocycles. The number of thioether (sulfide) groups is 1. The lowest BCUT2D eigenvalue weighted by Crippen LogP contribution is -2.30. The van der Waals surface area contributed by atoms with Crippen molar-refractivity contribution in [2.45, 2.75) is 30.5 Å². The van der Waals surface area contributed by atoms with E-state index >= 15 is 0 Å². The van der Waals surface area contributed by atoms with Crippen LogP contribution in [0.25, 0.3) is 0 Å². The van der Waals surface area contributed by atoms with Crippen LogP contribution in [0.2, 0.25) is 0 Å². The van der Waals surface area contributed by atoms with E-state index < -0.39 is 0 Å². The largest absolute Gasteiger partial charge is 0.345 e. The molecule has 0 fully saturated rings. The summed E-state index contributed by atoms with van der Waals surface area (Å²) >= 11 is 1.32. The quantitative estimate of drug-likeness (QED) is 0.596. The third-order valence-corrected chi connectivity index (χ3v) is 6.14. The molecule has 2 N–H and O–H groups in total. The summed E-state index contributed by atoms with van der Waals surface area (Å²) in [5, 5.41) is 14.4. The van der Waals surface area contributed by atoms with Gasteiger partial charge in [0.05, 0.1) is 11.8 Å². The highest BCUT2D eigenvalue weighted by molar-refractivity contribution is 7.99. The Labute approximate surface area is 179 Å². The molecule has 1 heterocycles. The van der Waals surface area contributed by atoms with Gasteiger partial charge in [0.1, 0.15) is 6.33 Å². The molecule has 0 bridgehead atoms. The Kier molecular flexibility index (Phi) is 6.13. The van der Waals surface area contributed by atoms with Gasteiger partial charge >= 0.3 is 0 Å². The number of carbonyl (C=O) groups excluding carboxylic acids is 2. The normalized spacial score (nSPS) is 15.3. The first-order valence-electron chi connectivity index (χ1n) is 9.85. The average Bonchev–Trinajstić information content (AvgIpc) is 3.18. The lowest BCUT2D eigenvalue weighted by molar-refractivity contribution is -0.113. The number of nitrogens with zero attached hydrogens (tertiary/aromatic N) is 3. The third-order valence-electron chi connectivity index (χ3n) is 5.11. The van der Waals surface area contributed by atoms with Gasteiger partial charge in [-0.25, -0.2) is 0 Å². The van der Waals surface area contributed by atoms with E-state index in [0.717, 1.165) is 19.3 Å². The molecule has 0 spiro atoms. The first kappa shape index (κ1) is 20.2. The van der Waals surface area contributed by atoms with Gasteiger partial charge < -0.3 is 15.2 Å². The smallest absolute Gasteiger partial charge is 0.251 e. The van der Waals surface area contributed by atoms with E-state index in [1.165, 1.54) is 22.9 Å². The first-order chi connectivity index (χ1) is 14.6. The van der Waals surface area contributed by atoms with Gasteiger partial charge in [0, 0.05) is 18.3 Å². The van der Waals surface area contributed by atoms with E-state index in [4.69, 9.17) is 0 Å². The standard InChI is InChI=1S/C22H23N5O2S/c1-27-14-23-26-22(27)30-13-20(28)24-17-11-9-16(10-12-17)21(29)25-19-8-4-6-15-5-2-3-7-18(15)19/h2-3,5,7,9-12,14,19H,4,6,8,13H2,1H3,(H,24,28)(H,25,29). The van der Waals surface area contributed by atoms with Gasteiger partial charge in [0.25, 0.3) is 5.91 Å². The zero-order valence-electron chi connectivity index (χ0n) is 16.7. The Morgan fingerprint density at radius 1 is 1.17 bits per heavy atom. The van der Waals surface area contributed by atoms with Crippen LogP contribution in [-0.2, 0) is 18.3 Å². The second kappa shape index (κ2) is 9.13. The number of rotatable bonds is 6. The van der Waals surface area contributed by atoms with Crippen molar-refractivity contribution in [2.24, 2.45) is 7.05 Å². The molecule has 30 heavy (non-hydrogen) atoms. The van der Waals surface area contributed by atoms with Crippen LogP contribution in [0.3, 0.4) is 0 Å². The van der Waals surface area contributed by atoms with Crippen molar-refractivity contribution in [1.29, 1.82) is 0 Å². The van der Waals surface area contributed by atoms with Gasteiger partial charge in [-0.3, -0.25) is 9.59 Å². The number of aromatic nitrogens is 3. The van der Waals surface area contributed by atoms with Crippen LogP contribution in [0.1, 0.15) is 40.4 Å². The molecule has 0 radical (unpaired) electrons. The number of hydrogen-bond donors (Lipinski definition) is 2. The Morgan fingerprint density at radius 2 is 1.97 bits per heavy atom. The number of aryl methyl sites for hydroxylation is 2.